The maximum Gasteiger partial charge on any atom is 0.159 e. The molecule has 0 aromatic rings. The molecule has 0 radical (unpaired) electrons. The fourth-order valence-electron chi connectivity index (χ4n) is 9.46. The summed E-state index contributed by atoms with van der Waals surface area (Å²) in [7, 11) is 0. The molecule has 4 aliphatic carbocycles. The Morgan fingerprint density at radius 2 is 1.65 bits per heavy atom. The molecule has 0 aromatic carbocycles. The van der Waals surface area contributed by atoms with Gasteiger partial charge in [0.05, 0.1) is 30.0 Å². The van der Waals surface area contributed by atoms with Crippen molar-refractivity contribution >= 4 is 5.78 Å². The SMILES string of the molecule is CC(C)(O)[C@H](O)CC[C@@H](CO)[C@H]1CC[C@@]2(C)C3=C(C[C@H](O)[C@]12C)[C@@]1(C)C[C@@H](O)[C@H](O)C(C)(C)[C@@H]1CC3=O. The number of aliphatic hydroxyl groups excluding tert-OH is 5. The van der Waals surface area contributed by atoms with Crippen LogP contribution in [-0.2, 0) is 4.79 Å². The monoisotopic (exact) mass is 522 g/mol. The highest BCUT2D eigenvalue weighted by Gasteiger charge is 2.68. The average molecular weight is 523 g/mol. The Morgan fingerprint density at radius 1 is 1.03 bits per heavy atom. The van der Waals surface area contributed by atoms with Gasteiger partial charge in [0.2, 0.25) is 0 Å². The molecule has 7 nitrogen and oxygen atoms in total. The van der Waals surface area contributed by atoms with Gasteiger partial charge in [-0.15, -0.1) is 0 Å². The first-order chi connectivity index (χ1) is 16.9. The van der Waals surface area contributed by atoms with Crippen molar-refractivity contribution < 1.29 is 35.4 Å². The summed E-state index contributed by atoms with van der Waals surface area (Å²) in [5.74, 6) is -0.258. The first-order valence-corrected chi connectivity index (χ1v) is 14.2. The van der Waals surface area contributed by atoms with Crippen LogP contribution in [0.25, 0.3) is 0 Å². The number of fused-ring (bicyclic) bond motifs is 4. The zero-order chi connectivity index (χ0) is 27.9. The smallest absolute Gasteiger partial charge is 0.159 e. The zero-order valence-corrected chi connectivity index (χ0v) is 23.8. The van der Waals surface area contributed by atoms with Crippen molar-refractivity contribution in [3.8, 4) is 0 Å². The minimum absolute atomic E-state index is 0.0471. The number of hydrogen-bond donors (Lipinski definition) is 6. The first-order valence-electron chi connectivity index (χ1n) is 14.2. The van der Waals surface area contributed by atoms with E-state index in [4.69, 9.17) is 0 Å². The van der Waals surface area contributed by atoms with Crippen molar-refractivity contribution in [1.82, 2.24) is 0 Å². The van der Waals surface area contributed by atoms with Gasteiger partial charge in [0.15, 0.2) is 5.78 Å². The Morgan fingerprint density at radius 3 is 2.22 bits per heavy atom. The molecule has 0 aromatic heterocycles. The van der Waals surface area contributed by atoms with Crippen LogP contribution in [-0.4, -0.2) is 73.0 Å². The van der Waals surface area contributed by atoms with Crippen LogP contribution in [0.5, 0.6) is 0 Å². The van der Waals surface area contributed by atoms with E-state index in [9.17, 15) is 35.4 Å². The van der Waals surface area contributed by atoms with Crippen LogP contribution >= 0.6 is 0 Å². The lowest BCUT2D eigenvalue weighted by atomic mass is 9.42. The van der Waals surface area contributed by atoms with Crippen LogP contribution in [0.3, 0.4) is 0 Å². The van der Waals surface area contributed by atoms with Crippen molar-refractivity contribution in [2.24, 2.45) is 39.4 Å². The Bertz CT molecular complexity index is 950. The summed E-state index contributed by atoms with van der Waals surface area (Å²) in [5.41, 5.74) is -1.82. The summed E-state index contributed by atoms with van der Waals surface area (Å²) in [6.07, 6.45) is -0.0812. The number of rotatable bonds is 6. The highest BCUT2D eigenvalue weighted by atomic mass is 16.3. The topological polar surface area (TPSA) is 138 Å². The van der Waals surface area contributed by atoms with Crippen molar-refractivity contribution in [2.75, 3.05) is 6.61 Å². The third-order valence-electron chi connectivity index (χ3n) is 12.1. The Balaban J connectivity index is 1.74. The Kier molecular flexibility index (Phi) is 7.17. The predicted molar refractivity (Wildman–Crippen MR) is 140 cm³/mol. The largest absolute Gasteiger partial charge is 0.396 e. The summed E-state index contributed by atoms with van der Waals surface area (Å²) in [6.45, 7) is 13.2. The molecule has 0 saturated heterocycles. The number of ketones is 1. The summed E-state index contributed by atoms with van der Waals surface area (Å²) < 4.78 is 0. The zero-order valence-electron chi connectivity index (χ0n) is 23.8. The quantitative estimate of drug-likeness (QED) is 0.315. The molecule has 0 spiro atoms. The molecule has 37 heavy (non-hydrogen) atoms. The van der Waals surface area contributed by atoms with E-state index < -0.39 is 51.7 Å². The molecule has 10 atom stereocenters. The lowest BCUT2D eigenvalue weighted by Crippen LogP contribution is -2.62. The van der Waals surface area contributed by atoms with Gasteiger partial charge in [-0.2, -0.15) is 0 Å². The molecule has 0 bridgehead atoms. The lowest BCUT2D eigenvalue weighted by molar-refractivity contribution is -0.168. The number of carbonyl (C=O) groups excluding carboxylic acids is 1. The number of carbonyl (C=O) groups is 1. The molecule has 4 rings (SSSR count). The Hall–Kier alpha value is -0.830. The van der Waals surface area contributed by atoms with Crippen molar-refractivity contribution in [2.45, 2.75) is 123 Å². The molecule has 0 heterocycles. The molecule has 7 heteroatoms. The van der Waals surface area contributed by atoms with E-state index in [-0.39, 0.29) is 30.1 Å². The van der Waals surface area contributed by atoms with Crippen LogP contribution < -0.4 is 0 Å². The third-order valence-corrected chi connectivity index (χ3v) is 12.1. The number of hydrogen-bond acceptors (Lipinski definition) is 7. The molecule has 0 aliphatic heterocycles. The highest BCUT2D eigenvalue weighted by molar-refractivity contribution is 5.99. The maximum absolute atomic E-state index is 14.0. The maximum atomic E-state index is 14.0. The number of Topliss-reactive ketones (excluding diaryl/α,β-unsaturated/α-hetero) is 1. The molecule has 2 saturated carbocycles. The van der Waals surface area contributed by atoms with Crippen LogP contribution in [0.15, 0.2) is 11.1 Å². The predicted octanol–water partition coefficient (Wildman–Crippen LogP) is 2.74. The van der Waals surface area contributed by atoms with E-state index in [1.165, 1.54) is 0 Å². The van der Waals surface area contributed by atoms with Gasteiger partial charge in [-0.1, -0.05) is 40.2 Å². The van der Waals surface area contributed by atoms with Crippen LogP contribution in [0.4, 0.5) is 0 Å². The van der Waals surface area contributed by atoms with Gasteiger partial charge in [0.25, 0.3) is 0 Å². The van der Waals surface area contributed by atoms with E-state index >= 15 is 0 Å². The van der Waals surface area contributed by atoms with Crippen molar-refractivity contribution in [3.63, 3.8) is 0 Å². The minimum atomic E-state index is -1.23. The summed E-state index contributed by atoms with van der Waals surface area (Å²) in [6, 6.07) is 0. The molecule has 0 amide bonds. The van der Waals surface area contributed by atoms with Gasteiger partial charge in [-0.25, -0.2) is 0 Å². The van der Waals surface area contributed by atoms with Gasteiger partial charge in [0, 0.05) is 29.4 Å². The third kappa shape index (κ3) is 4.02. The van der Waals surface area contributed by atoms with E-state index in [1.54, 1.807) is 13.8 Å². The summed E-state index contributed by atoms with van der Waals surface area (Å²) >= 11 is 0. The standard InChI is InChI=1S/C30H50O7/c1-26(2)21-13-19(32)24-18(28(21,5)14-20(33)25(26)36)12-23(35)30(7)17(10-11-29(24,30)6)16(15-31)8-9-22(34)27(3,4)37/h16-17,20-23,25,31,33-37H,8-15H2,1-7H3/t16-,17+,20+,21-,22+,23-,25-,28+,29-,30-/m0/s1. The minimum Gasteiger partial charge on any atom is -0.396 e. The Labute approximate surface area is 222 Å². The summed E-state index contributed by atoms with van der Waals surface area (Å²) in [5, 5.41) is 64.6. The lowest BCUT2D eigenvalue weighted by Gasteiger charge is -2.63. The summed E-state index contributed by atoms with van der Waals surface area (Å²) in [4.78, 5) is 14.0. The van der Waals surface area contributed by atoms with Crippen LogP contribution in [0.1, 0.15) is 93.4 Å². The number of allylic oxidation sites excluding steroid dienone is 1. The second-order valence-electron chi connectivity index (χ2n) is 14.7. The van der Waals surface area contributed by atoms with Crippen LogP contribution in [0, 0.1) is 39.4 Å². The van der Waals surface area contributed by atoms with Gasteiger partial charge in [-0.3, -0.25) is 4.79 Å². The fourth-order valence-corrected chi connectivity index (χ4v) is 9.46. The normalized spacial score (nSPS) is 45.2. The number of aliphatic hydroxyl groups is 6. The van der Waals surface area contributed by atoms with Gasteiger partial charge in [0.1, 0.15) is 0 Å². The van der Waals surface area contributed by atoms with Gasteiger partial charge < -0.3 is 30.6 Å². The van der Waals surface area contributed by atoms with Gasteiger partial charge in [-0.05, 0) is 81.0 Å². The molecule has 212 valence electrons. The second kappa shape index (κ2) is 9.10. The van der Waals surface area contributed by atoms with E-state index in [0.29, 0.717) is 32.1 Å². The van der Waals surface area contributed by atoms with E-state index in [2.05, 4.69) is 20.8 Å². The fraction of sp³-hybridized carbons (Fsp3) is 0.900. The van der Waals surface area contributed by atoms with Gasteiger partial charge >= 0.3 is 0 Å². The van der Waals surface area contributed by atoms with Crippen molar-refractivity contribution in [1.29, 1.82) is 0 Å². The average Bonchev–Trinajstić information content (AvgIpc) is 3.07. The molecule has 2 fully saturated rings. The molecular formula is C30H50O7. The second-order valence-corrected chi connectivity index (χ2v) is 14.7. The molecular weight excluding hydrogens is 472 g/mol. The molecule has 0 unspecified atom stereocenters. The highest BCUT2D eigenvalue weighted by Crippen LogP contribution is 2.71. The molecule has 4 aliphatic rings. The molecule has 6 N–H and O–H groups in total. The van der Waals surface area contributed by atoms with Crippen molar-refractivity contribution in [3.05, 3.63) is 11.1 Å². The van der Waals surface area contributed by atoms with E-state index in [1.807, 2.05) is 13.8 Å². The van der Waals surface area contributed by atoms with Crippen LogP contribution in [0.2, 0.25) is 0 Å². The first kappa shape index (κ1) is 29.2. The van der Waals surface area contributed by atoms with E-state index in [0.717, 1.165) is 24.0 Å².